The Morgan fingerprint density at radius 2 is 1.87 bits per heavy atom. The summed E-state index contributed by atoms with van der Waals surface area (Å²) in [6.07, 6.45) is 5.13. The minimum atomic E-state index is 0.182. The first kappa shape index (κ1) is 13.7. The van der Waals surface area contributed by atoms with Crippen molar-refractivity contribution in [3.8, 4) is 0 Å². The van der Waals surface area contributed by atoms with E-state index in [0.29, 0.717) is 5.92 Å². The van der Waals surface area contributed by atoms with Crippen LogP contribution in [0.25, 0.3) is 0 Å². The average molecular weight is 326 g/mol. The van der Waals surface area contributed by atoms with Crippen molar-refractivity contribution in [3.05, 3.63) is 0 Å². The first-order valence-corrected chi connectivity index (χ1v) is 7.49. The highest BCUT2D eigenvalue weighted by atomic mass is 127. The third kappa shape index (κ3) is 5.00. The molecule has 15 heavy (non-hydrogen) atoms. The first-order valence-electron chi connectivity index (χ1n) is 5.96. The Labute approximate surface area is 107 Å². The largest absolute Gasteiger partial charge is 0.379 e. The number of halogens is 1. The highest BCUT2D eigenvalue weighted by Gasteiger charge is 2.33. The van der Waals surface area contributed by atoms with Crippen molar-refractivity contribution in [2.75, 3.05) is 24.2 Å². The maximum atomic E-state index is 5.99. The van der Waals surface area contributed by atoms with Crippen molar-refractivity contribution in [2.45, 2.75) is 45.1 Å². The van der Waals surface area contributed by atoms with Crippen LogP contribution in [0, 0.1) is 5.92 Å². The summed E-state index contributed by atoms with van der Waals surface area (Å²) in [5.41, 5.74) is 0.182. The van der Waals surface area contributed by atoms with Gasteiger partial charge in [0, 0.05) is 11.0 Å². The molecule has 0 aromatic rings. The smallest absolute Gasteiger partial charge is 0.0772 e. The standard InChI is InChI=1S/C12H23IO2/c1-11(2)9-14-7-8-15-12(10-13)5-3-4-6-12/h11H,3-10H2,1-2H3. The summed E-state index contributed by atoms with van der Waals surface area (Å²) in [4.78, 5) is 0. The van der Waals surface area contributed by atoms with Crippen molar-refractivity contribution in [3.63, 3.8) is 0 Å². The molecule has 1 rings (SSSR count). The summed E-state index contributed by atoms with van der Waals surface area (Å²) in [5.74, 6) is 0.620. The molecule has 90 valence electrons. The molecular weight excluding hydrogens is 303 g/mol. The Kier molecular flexibility index (Phi) is 6.46. The Hall–Kier alpha value is 0.650. The van der Waals surface area contributed by atoms with E-state index in [1.165, 1.54) is 25.7 Å². The van der Waals surface area contributed by atoms with Crippen LogP contribution < -0.4 is 0 Å². The van der Waals surface area contributed by atoms with Crippen molar-refractivity contribution in [1.29, 1.82) is 0 Å². The molecule has 0 aliphatic heterocycles. The third-order valence-corrected chi connectivity index (χ3v) is 4.24. The lowest BCUT2D eigenvalue weighted by atomic mass is 10.1. The molecule has 3 heteroatoms. The van der Waals surface area contributed by atoms with Crippen LogP contribution in [0.2, 0.25) is 0 Å². The van der Waals surface area contributed by atoms with Gasteiger partial charge in [0.1, 0.15) is 0 Å². The van der Waals surface area contributed by atoms with Gasteiger partial charge in [0.2, 0.25) is 0 Å². The van der Waals surface area contributed by atoms with Crippen LogP contribution in [0.5, 0.6) is 0 Å². The zero-order chi connectivity index (χ0) is 11.1. The van der Waals surface area contributed by atoms with E-state index >= 15 is 0 Å². The van der Waals surface area contributed by atoms with Crippen molar-refractivity contribution < 1.29 is 9.47 Å². The molecule has 0 spiro atoms. The summed E-state index contributed by atoms with van der Waals surface area (Å²) in [6, 6.07) is 0. The molecule has 0 saturated heterocycles. The molecule has 0 amide bonds. The van der Waals surface area contributed by atoms with E-state index in [-0.39, 0.29) is 5.60 Å². The number of hydrogen-bond acceptors (Lipinski definition) is 2. The van der Waals surface area contributed by atoms with Crippen molar-refractivity contribution in [1.82, 2.24) is 0 Å². The van der Waals surface area contributed by atoms with E-state index in [1.807, 2.05) is 0 Å². The summed E-state index contributed by atoms with van der Waals surface area (Å²) >= 11 is 2.45. The van der Waals surface area contributed by atoms with Crippen LogP contribution in [0.1, 0.15) is 39.5 Å². The molecule has 0 aromatic heterocycles. The zero-order valence-corrected chi connectivity index (χ0v) is 12.1. The number of hydrogen-bond donors (Lipinski definition) is 0. The van der Waals surface area contributed by atoms with Gasteiger partial charge in [-0.2, -0.15) is 0 Å². The third-order valence-electron chi connectivity index (χ3n) is 2.85. The van der Waals surface area contributed by atoms with Gasteiger partial charge >= 0.3 is 0 Å². The van der Waals surface area contributed by atoms with E-state index in [4.69, 9.17) is 9.47 Å². The van der Waals surface area contributed by atoms with Crippen molar-refractivity contribution >= 4 is 22.6 Å². The van der Waals surface area contributed by atoms with E-state index < -0.39 is 0 Å². The van der Waals surface area contributed by atoms with Crippen molar-refractivity contribution in [2.24, 2.45) is 5.92 Å². The highest BCUT2D eigenvalue weighted by Crippen LogP contribution is 2.34. The Morgan fingerprint density at radius 3 is 2.40 bits per heavy atom. The van der Waals surface area contributed by atoms with Crippen LogP contribution in [0.15, 0.2) is 0 Å². The van der Waals surface area contributed by atoms with Crippen LogP contribution in [0.4, 0.5) is 0 Å². The topological polar surface area (TPSA) is 18.5 Å². The summed E-state index contributed by atoms with van der Waals surface area (Å²) in [6.45, 7) is 6.70. The minimum Gasteiger partial charge on any atom is -0.379 e. The van der Waals surface area contributed by atoms with Gasteiger partial charge in [-0.25, -0.2) is 0 Å². The second kappa shape index (κ2) is 7.07. The fraction of sp³-hybridized carbons (Fsp3) is 1.00. The van der Waals surface area contributed by atoms with Gasteiger partial charge in [-0.05, 0) is 18.8 Å². The molecular formula is C12H23IO2. The van der Waals surface area contributed by atoms with Crippen LogP contribution in [-0.2, 0) is 9.47 Å². The molecule has 1 aliphatic rings. The normalized spacial score (nSPS) is 20.0. The molecule has 0 aromatic carbocycles. The fourth-order valence-corrected chi connectivity index (χ4v) is 2.96. The second-order valence-electron chi connectivity index (χ2n) is 4.84. The number of rotatable bonds is 7. The lowest BCUT2D eigenvalue weighted by Crippen LogP contribution is -2.32. The monoisotopic (exact) mass is 326 g/mol. The Morgan fingerprint density at radius 1 is 1.20 bits per heavy atom. The molecule has 1 aliphatic carbocycles. The minimum absolute atomic E-state index is 0.182. The molecule has 0 N–H and O–H groups in total. The first-order chi connectivity index (χ1) is 7.18. The number of alkyl halides is 1. The lowest BCUT2D eigenvalue weighted by molar-refractivity contribution is -0.0502. The molecule has 0 unspecified atom stereocenters. The van der Waals surface area contributed by atoms with E-state index in [0.717, 1.165) is 24.2 Å². The summed E-state index contributed by atoms with van der Waals surface area (Å²) in [7, 11) is 0. The maximum absolute atomic E-state index is 5.99. The van der Waals surface area contributed by atoms with Gasteiger partial charge < -0.3 is 9.47 Å². The molecule has 2 nitrogen and oxygen atoms in total. The lowest BCUT2D eigenvalue weighted by Gasteiger charge is -2.27. The predicted octanol–water partition coefficient (Wildman–Crippen LogP) is 3.42. The maximum Gasteiger partial charge on any atom is 0.0772 e. The van der Waals surface area contributed by atoms with Crippen LogP contribution in [-0.4, -0.2) is 29.8 Å². The molecule has 0 atom stereocenters. The molecule has 1 saturated carbocycles. The molecule has 1 fully saturated rings. The fourth-order valence-electron chi connectivity index (χ4n) is 1.97. The quantitative estimate of drug-likeness (QED) is 0.405. The summed E-state index contributed by atoms with van der Waals surface area (Å²) in [5, 5.41) is 0. The van der Waals surface area contributed by atoms with Crippen LogP contribution in [0.3, 0.4) is 0 Å². The van der Waals surface area contributed by atoms with Crippen LogP contribution >= 0.6 is 22.6 Å². The van der Waals surface area contributed by atoms with Gasteiger partial charge in [0.25, 0.3) is 0 Å². The molecule has 0 bridgehead atoms. The van der Waals surface area contributed by atoms with Gasteiger partial charge in [-0.15, -0.1) is 0 Å². The van der Waals surface area contributed by atoms with E-state index in [1.54, 1.807) is 0 Å². The van der Waals surface area contributed by atoms with Gasteiger partial charge in [0.05, 0.1) is 18.8 Å². The average Bonchev–Trinajstić information content (AvgIpc) is 2.66. The van der Waals surface area contributed by atoms with Gasteiger partial charge in [-0.3, -0.25) is 0 Å². The predicted molar refractivity (Wildman–Crippen MR) is 71.7 cm³/mol. The van der Waals surface area contributed by atoms with Gasteiger partial charge in [0.15, 0.2) is 0 Å². The SMILES string of the molecule is CC(C)COCCOC1(CI)CCCC1. The Balaban J connectivity index is 2.07. The molecule has 0 heterocycles. The highest BCUT2D eigenvalue weighted by molar-refractivity contribution is 14.1. The van der Waals surface area contributed by atoms with E-state index in [9.17, 15) is 0 Å². The summed E-state index contributed by atoms with van der Waals surface area (Å²) < 4.78 is 12.6. The zero-order valence-electron chi connectivity index (χ0n) is 9.93. The number of ether oxygens (including phenoxy) is 2. The van der Waals surface area contributed by atoms with Gasteiger partial charge in [-0.1, -0.05) is 49.3 Å². The molecule has 0 radical (unpaired) electrons. The Bertz CT molecular complexity index is 165. The second-order valence-corrected chi connectivity index (χ2v) is 5.60. The van der Waals surface area contributed by atoms with E-state index in [2.05, 4.69) is 36.4 Å².